The number of fused-ring (bicyclic) bond motifs is 2. The normalized spacial score (nSPS) is 24.6. The molecule has 0 saturated carbocycles. The van der Waals surface area contributed by atoms with Gasteiger partial charge in [-0.2, -0.15) is 10.2 Å². The Morgan fingerprint density at radius 2 is 2.00 bits per heavy atom. The zero-order chi connectivity index (χ0) is 17.6. The van der Waals surface area contributed by atoms with Gasteiger partial charge in [0, 0.05) is 29.4 Å². The van der Waals surface area contributed by atoms with Crippen LogP contribution in [0.1, 0.15) is 31.7 Å². The molecular weight excluding hydrogens is 319 g/mol. The van der Waals surface area contributed by atoms with Gasteiger partial charge in [-0.1, -0.05) is 13.0 Å². The summed E-state index contributed by atoms with van der Waals surface area (Å²) in [7, 11) is 0. The maximum Gasteiger partial charge on any atom is 0.322 e. The highest BCUT2D eigenvalue weighted by Crippen LogP contribution is 2.41. The van der Waals surface area contributed by atoms with Gasteiger partial charge in [-0.3, -0.25) is 0 Å². The molecule has 1 aromatic heterocycles. The maximum atomic E-state index is 13.4. The van der Waals surface area contributed by atoms with Gasteiger partial charge in [0.05, 0.1) is 11.9 Å². The Balaban J connectivity index is 1.54. The predicted octanol–water partition coefficient (Wildman–Crippen LogP) is 4.00. The van der Waals surface area contributed by atoms with Crippen LogP contribution >= 0.6 is 0 Å². The van der Waals surface area contributed by atoms with Crippen molar-refractivity contribution < 1.29 is 9.18 Å². The smallest absolute Gasteiger partial charge is 0.318 e. The molecule has 5 nitrogen and oxygen atoms in total. The Labute approximate surface area is 146 Å². The number of carbonyl (C=O) groups is 1. The molecule has 2 unspecified atom stereocenters. The van der Waals surface area contributed by atoms with Gasteiger partial charge < -0.3 is 10.2 Å². The van der Waals surface area contributed by atoms with E-state index in [9.17, 15) is 9.18 Å². The second-order valence-electron chi connectivity index (χ2n) is 7.25. The number of benzene rings is 1. The highest BCUT2D eigenvalue weighted by molar-refractivity contribution is 5.91. The van der Waals surface area contributed by atoms with Crippen LogP contribution in [0.25, 0.3) is 11.3 Å². The number of hydrogen-bond donors (Lipinski definition) is 1. The number of urea groups is 1. The Hall–Kier alpha value is -2.50. The van der Waals surface area contributed by atoms with E-state index in [0.717, 1.165) is 36.6 Å². The minimum Gasteiger partial charge on any atom is -0.318 e. The summed E-state index contributed by atoms with van der Waals surface area (Å²) in [5.74, 6) is 0.270. The predicted molar refractivity (Wildman–Crippen MR) is 93.6 cm³/mol. The van der Waals surface area contributed by atoms with Crippen molar-refractivity contribution in [1.82, 2.24) is 15.1 Å². The van der Waals surface area contributed by atoms with E-state index in [4.69, 9.17) is 0 Å². The third-order valence-corrected chi connectivity index (χ3v) is 5.30. The fourth-order valence-electron chi connectivity index (χ4n) is 4.12. The van der Waals surface area contributed by atoms with Crippen molar-refractivity contribution in [2.24, 2.45) is 5.92 Å². The lowest BCUT2D eigenvalue weighted by molar-refractivity contribution is -0.00600. The van der Waals surface area contributed by atoms with Crippen molar-refractivity contribution in [3.63, 3.8) is 0 Å². The van der Waals surface area contributed by atoms with Crippen LogP contribution in [-0.2, 0) is 0 Å². The van der Waals surface area contributed by atoms with Crippen molar-refractivity contribution in [1.29, 1.82) is 0 Å². The van der Waals surface area contributed by atoms with Crippen LogP contribution in [0.5, 0.6) is 0 Å². The van der Waals surface area contributed by atoms with Crippen LogP contribution < -0.4 is 5.32 Å². The van der Waals surface area contributed by atoms with E-state index in [-0.39, 0.29) is 6.03 Å². The Bertz CT molecular complexity index is 813. The summed E-state index contributed by atoms with van der Waals surface area (Å²) >= 11 is 0. The molecule has 1 N–H and O–H groups in total. The lowest BCUT2D eigenvalue weighted by Crippen LogP contribution is -2.63. The van der Waals surface area contributed by atoms with Crippen molar-refractivity contribution in [2.75, 3.05) is 5.32 Å². The molecular formula is C19H21FN4O. The third kappa shape index (κ3) is 2.97. The fraction of sp³-hybridized carbons (Fsp3) is 0.421. The van der Waals surface area contributed by atoms with Gasteiger partial charge in [0.1, 0.15) is 5.82 Å². The molecule has 3 atom stereocenters. The molecule has 1 aromatic carbocycles. The standard InChI is InChI=1S/C19H21FN4O/c1-11-5-15-9-16(6-11)24(15)19(25)22-14-4-3-12(2)17(8-14)18-7-13(20)10-21-23-18/h3-4,7-8,10-11,15-16H,5-6,9H2,1-2H3,(H,22,25)/t11?,15-,16?/m1/s1. The largest absolute Gasteiger partial charge is 0.322 e. The Kier molecular flexibility index (Phi) is 3.90. The third-order valence-electron chi connectivity index (χ3n) is 5.30. The number of aromatic nitrogens is 2. The molecule has 2 aliphatic rings. The van der Waals surface area contributed by atoms with Crippen molar-refractivity contribution in [3.8, 4) is 11.3 Å². The zero-order valence-electron chi connectivity index (χ0n) is 14.4. The molecule has 0 radical (unpaired) electrons. The number of nitrogens with one attached hydrogen (secondary N) is 1. The Morgan fingerprint density at radius 1 is 1.24 bits per heavy atom. The van der Waals surface area contributed by atoms with E-state index in [1.165, 1.54) is 6.07 Å². The average molecular weight is 340 g/mol. The van der Waals surface area contributed by atoms with E-state index < -0.39 is 5.82 Å². The van der Waals surface area contributed by atoms with E-state index in [1.807, 2.05) is 30.0 Å². The molecule has 2 aliphatic heterocycles. The van der Waals surface area contributed by atoms with Crippen LogP contribution in [-0.4, -0.2) is 33.2 Å². The van der Waals surface area contributed by atoms with Crippen LogP contribution in [0.2, 0.25) is 0 Å². The second kappa shape index (κ2) is 6.10. The van der Waals surface area contributed by atoms with Crippen LogP contribution in [0.3, 0.4) is 0 Å². The average Bonchev–Trinajstić information content (AvgIpc) is 2.56. The molecule has 2 bridgehead atoms. The minimum atomic E-state index is -0.429. The first-order valence-electron chi connectivity index (χ1n) is 8.70. The topological polar surface area (TPSA) is 58.1 Å². The van der Waals surface area contributed by atoms with Gasteiger partial charge in [0.2, 0.25) is 0 Å². The first kappa shape index (κ1) is 16.0. The molecule has 130 valence electrons. The summed E-state index contributed by atoms with van der Waals surface area (Å²) in [6.07, 6.45) is 4.37. The number of hydrogen-bond acceptors (Lipinski definition) is 3. The fourth-order valence-corrected chi connectivity index (χ4v) is 4.12. The number of halogens is 1. The van der Waals surface area contributed by atoms with Gasteiger partial charge >= 0.3 is 6.03 Å². The second-order valence-corrected chi connectivity index (χ2v) is 7.25. The van der Waals surface area contributed by atoms with Crippen molar-refractivity contribution in [2.45, 2.75) is 45.2 Å². The summed E-state index contributed by atoms with van der Waals surface area (Å²) < 4.78 is 13.4. The van der Waals surface area contributed by atoms with E-state index in [0.29, 0.717) is 29.4 Å². The summed E-state index contributed by atoms with van der Waals surface area (Å²) in [6.45, 7) is 4.18. The summed E-state index contributed by atoms with van der Waals surface area (Å²) in [4.78, 5) is 14.6. The Morgan fingerprint density at radius 3 is 2.72 bits per heavy atom. The number of anilines is 1. The molecule has 2 saturated heterocycles. The lowest BCUT2D eigenvalue weighted by atomic mass is 9.74. The maximum absolute atomic E-state index is 13.4. The molecule has 2 fully saturated rings. The first-order valence-corrected chi connectivity index (χ1v) is 8.70. The molecule has 0 spiro atoms. The highest BCUT2D eigenvalue weighted by Gasteiger charge is 2.46. The summed E-state index contributed by atoms with van der Waals surface area (Å²) in [5.41, 5.74) is 2.87. The SMILES string of the molecule is Cc1ccc(NC(=O)N2C3CC(C)C[C@@H]2C3)cc1-c1cc(F)cnn1. The van der Waals surface area contributed by atoms with Crippen LogP contribution in [0.4, 0.5) is 14.9 Å². The monoisotopic (exact) mass is 340 g/mol. The summed E-state index contributed by atoms with van der Waals surface area (Å²) in [5, 5.41) is 10.6. The lowest BCUT2D eigenvalue weighted by Gasteiger charge is -2.54. The van der Waals surface area contributed by atoms with E-state index >= 15 is 0 Å². The number of aryl methyl sites for hydroxylation is 1. The van der Waals surface area contributed by atoms with Gasteiger partial charge in [-0.15, -0.1) is 0 Å². The first-order chi connectivity index (χ1) is 12.0. The van der Waals surface area contributed by atoms with Gasteiger partial charge in [-0.25, -0.2) is 9.18 Å². The van der Waals surface area contributed by atoms with Crippen molar-refractivity contribution in [3.05, 3.63) is 41.8 Å². The van der Waals surface area contributed by atoms with Gasteiger partial charge in [-0.05, 0) is 49.8 Å². The molecule has 0 aliphatic carbocycles. The van der Waals surface area contributed by atoms with E-state index in [2.05, 4.69) is 22.4 Å². The van der Waals surface area contributed by atoms with Gasteiger partial charge in [0.15, 0.2) is 0 Å². The number of carbonyl (C=O) groups excluding carboxylic acids is 1. The summed E-state index contributed by atoms with van der Waals surface area (Å²) in [6, 6.07) is 7.63. The minimum absolute atomic E-state index is 0.0479. The van der Waals surface area contributed by atoms with Crippen molar-refractivity contribution >= 4 is 11.7 Å². The molecule has 3 heterocycles. The number of amides is 2. The molecule has 2 amide bonds. The van der Waals surface area contributed by atoms with Crippen LogP contribution in [0.15, 0.2) is 30.5 Å². The van der Waals surface area contributed by atoms with E-state index in [1.54, 1.807) is 0 Å². The molecule has 2 aromatic rings. The molecule has 25 heavy (non-hydrogen) atoms. The molecule has 4 rings (SSSR count). The molecule has 6 heteroatoms. The number of rotatable bonds is 2. The highest BCUT2D eigenvalue weighted by atomic mass is 19.1. The zero-order valence-corrected chi connectivity index (χ0v) is 14.4. The number of piperidine rings is 1. The number of nitrogens with zero attached hydrogens (tertiary/aromatic N) is 3. The quantitative estimate of drug-likeness (QED) is 0.899. The van der Waals surface area contributed by atoms with Gasteiger partial charge in [0.25, 0.3) is 0 Å². The van der Waals surface area contributed by atoms with Crippen LogP contribution in [0, 0.1) is 18.7 Å².